The zero-order valence-electron chi connectivity index (χ0n) is 11.1. The minimum atomic E-state index is 0.239. The lowest BCUT2D eigenvalue weighted by atomic mass is 10.1. The summed E-state index contributed by atoms with van der Waals surface area (Å²) in [6.45, 7) is 2.88. The molecule has 2 rings (SSSR count). The van der Waals surface area contributed by atoms with E-state index in [0.29, 0.717) is 0 Å². The second-order valence-electron chi connectivity index (χ2n) is 5.17. The molecule has 2 N–H and O–H groups in total. The van der Waals surface area contributed by atoms with E-state index in [9.17, 15) is 0 Å². The van der Waals surface area contributed by atoms with Crippen molar-refractivity contribution in [3.8, 4) is 0 Å². The maximum absolute atomic E-state index is 5.70. The summed E-state index contributed by atoms with van der Waals surface area (Å²) in [4.78, 5) is 4.40. The maximum Gasteiger partial charge on any atom is 0.226 e. The van der Waals surface area contributed by atoms with Crippen molar-refractivity contribution in [2.24, 2.45) is 5.73 Å². The largest absolute Gasteiger partial charge is 0.378 e. The number of nitrogens with zero attached hydrogens (tertiary/aromatic N) is 2. The van der Waals surface area contributed by atoms with Crippen molar-refractivity contribution in [2.75, 3.05) is 6.61 Å². The van der Waals surface area contributed by atoms with Crippen LogP contribution in [-0.2, 0) is 17.6 Å². The van der Waals surface area contributed by atoms with Gasteiger partial charge >= 0.3 is 0 Å². The number of nitrogens with two attached hydrogens (primary N) is 1. The normalized spacial score (nSPS) is 22.0. The highest BCUT2D eigenvalue weighted by molar-refractivity contribution is 4.89. The Morgan fingerprint density at radius 3 is 3.06 bits per heavy atom. The topological polar surface area (TPSA) is 74.2 Å². The molecule has 0 saturated carbocycles. The molecule has 1 fully saturated rings. The van der Waals surface area contributed by atoms with Gasteiger partial charge in [-0.1, -0.05) is 5.16 Å². The van der Waals surface area contributed by atoms with Gasteiger partial charge in [0.05, 0.1) is 6.10 Å². The molecule has 1 aliphatic rings. The molecule has 5 heteroatoms. The van der Waals surface area contributed by atoms with Crippen LogP contribution in [0.4, 0.5) is 0 Å². The summed E-state index contributed by atoms with van der Waals surface area (Å²) in [6.07, 6.45) is 7.37. The highest BCUT2D eigenvalue weighted by Crippen LogP contribution is 2.16. The van der Waals surface area contributed by atoms with Gasteiger partial charge in [-0.2, -0.15) is 4.98 Å². The van der Waals surface area contributed by atoms with Gasteiger partial charge in [0.2, 0.25) is 5.89 Å². The summed E-state index contributed by atoms with van der Waals surface area (Å²) >= 11 is 0. The van der Waals surface area contributed by atoms with Gasteiger partial charge in [-0.25, -0.2) is 0 Å². The Morgan fingerprint density at radius 1 is 1.44 bits per heavy atom. The second-order valence-corrected chi connectivity index (χ2v) is 5.17. The Labute approximate surface area is 108 Å². The van der Waals surface area contributed by atoms with Crippen molar-refractivity contribution in [1.82, 2.24) is 10.1 Å². The number of rotatable bonds is 6. The molecule has 0 bridgehead atoms. The zero-order chi connectivity index (χ0) is 12.8. The third-order valence-corrected chi connectivity index (χ3v) is 3.24. The average molecular weight is 253 g/mol. The molecule has 1 aromatic heterocycles. The van der Waals surface area contributed by atoms with E-state index in [1.165, 1.54) is 12.8 Å². The maximum atomic E-state index is 5.70. The summed E-state index contributed by atoms with van der Waals surface area (Å²) in [7, 11) is 0. The van der Waals surface area contributed by atoms with E-state index < -0.39 is 0 Å². The molecule has 102 valence electrons. The molecule has 0 aromatic carbocycles. The Balaban J connectivity index is 1.74. The van der Waals surface area contributed by atoms with Gasteiger partial charge in [0.15, 0.2) is 5.82 Å². The standard InChI is InChI=1S/C13H23N3O2/c1-10(14)5-4-7-13-15-12(16-18-13)9-11-6-2-3-8-17-11/h10-11H,2-9,14H2,1H3. The predicted octanol–water partition coefficient (Wildman–Crippen LogP) is 1.85. The van der Waals surface area contributed by atoms with Gasteiger partial charge in [0.25, 0.3) is 0 Å². The van der Waals surface area contributed by atoms with Crippen LogP contribution in [0.25, 0.3) is 0 Å². The lowest BCUT2D eigenvalue weighted by Gasteiger charge is -2.20. The van der Waals surface area contributed by atoms with Crippen molar-refractivity contribution in [1.29, 1.82) is 0 Å². The average Bonchev–Trinajstić information content (AvgIpc) is 2.78. The molecule has 0 radical (unpaired) electrons. The van der Waals surface area contributed by atoms with Gasteiger partial charge < -0.3 is 15.0 Å². The van der Waals surface area contributed by atoms with Crippen LogP contribution in [0.3, 0.4) is 0 Å². The van der Waals surface area contributed by atoms with E-state index in [2.05, 4.69) is 10.1 Å². The summed E-state index contributed by atoms with van der Waals surface area (Å²) < 4.78 is 10.9. The molecule has 1 saturated heterocycles. The molecule has 1 aromatic rings. The highest BCUT2D eigenvalue weighted by atomic mass is 16.5. The minimum absolute atomic E-state index is 0.239. The number of aromatic nitrogens is 2. The molecule has 0 amide bonds. The number of ether oxygens (including phenoxy) is 1. The Bertz CT molecular complexity index is 346. The number of hydrogen-bond donors (Lipinski definition) is 1. The zero-order valence-corrected chi connectivity index (χ0v) is 11.1. The molecule has 1 aliphatic heterocycles. The van der Waals surface area contributed by atoms with Crippen molar-refractivity contribution >= 4 is 0 Å². The first kappa shape index (κ1) is 13.5. The monoisotopic (exact) mass is 253 g/mol. The van der Waals surface area contributed by atoms with E-state index in [1.807, 2.05) is 6.92 Å². The first-order chi connectivity index (χ1) is 8.74. The molecule has 5 nitrogen and oxygen atoms in total. The molecular weight excluding hydrogens is 230 g/mol. The van der Waals surface area contributed by atoms with Crippen LogP contribution in [-0.4, -0.2) is 28.9 Å². The third kappa shape index (κ3) is 4.38. The molecule has 2 heterocycles. The van der Waals surface area contributed by atoms with Crippen LogP contribution < -0.4 is 5.73 Å². The fraction of sp³-hybridized carbons (Fsp3) is 0.846. The Kier molecular flexibility index (Phi) is 5.13. The number of hydrogen-bond acceptors (Lipinski definition) is 5. The lowest BCUT2D eigenvalue weighted by molar-refractivity contribution is 0.0153. The Morgan fingerprint density at radius 2 is 2.33 bits per heavy atom. The van der Waals surface area contributed by atoms with Crippen molar-refractivity contribution in [2.45, 2.75) is 64.0 Å². The fourth-order valence-electron chi connectivity index (χ4n) is 2.22. The summed E-state index contributed by atoms with van der Waals surface area (Å²) in [5.74, 6) is 1.50. The van der Waals surface area contributed by atoms with Crippen LogP contribution in [0.2, 0.25) is 0 Å². The van der Waals surface area contributed by atoms with Crippen LogP contribution >= 0.6 is 0 Å². The van der Waals surface area contributed by atoms with Gasteiger partial charge in [0, 0.05) is 25.5 Å². The van der Waals surface area contributed by atoms with E-state index >= 15 is 0 Å². The van der Waals surface area contributed by atoms with Crippen LogP contribution in [0.15, 0.2) is 4.52 Å². The Hall–Kier alpha value is -0.940. The van der Waals surface area contributed by atoms with Crippen molar-refractivity contribution in [3.05, 3.63) is 11.7 Å². The molecule has 0 spiro atoms. The first-order valence-electron chi connectivity index (χ1n) is 6.92. The van der Waals surface area contributed by atoms with E-state index in [1.54, 1.807) is 0 Å². The minimum Gasteiger partial charge on any atom is -0.378 e. The molecule has 2 atom stereocenters. The quantitative estimate of drug-likeness (QED) is 0.837. The second kappa shape index (κ2) is 6.85. The van der Waals surface area contributed by atoms with Crippen molar-refractivity contribution < 1.29 is 9.26 Å². The van der Waals surface area contributed by atoms with E-state index in [0.717, 1.165) is 50.4 Å². The summed E-state index contributed by atoms with van der Waals surface area (Å²) in [5, 5.41) is 4.01. The highest BCUT2D eigenvalue weighted by Gasteiger charge is 2.17. The molecule has 18 heavy (non-hydrogen) atoms. The summed E-state index contributed by atoms with van der Waals surface area (Å²) in [5.41, 5.74) is 5.70. The van der Waals surface area contributed by atoms with Gasteiger partial charge in [-0.15, -0.1) is 0 Å². The van der Waals surface area contributed by atoms with Crippen LogP contribution in [0.5, 0.6) is 0 Å². The number of aryl methyl sites for hydroxylation is 1. The van der Waals surface area contributed by atoms with Gasteiger partial charge in [-0.3, -0.25) is 0 Å². The molecular formula is C13H23N3O2. The predicted molar refractivity (Wildman–Crippen MR) is 68.2 cm³/mol. The van der Waals surface area contributed by atoms with Crippen LogP contribution in [0, 0.1) is 0 Å². The molecule has 0 aliphatic carbocycles. The van der Waals surface area contributed by atoms with Crippen LogP contribution in [0.1, 0.15) is 50.7 Å². The van der Waals surface area contributed by atoms with Gasteiger partial charge in [-0.05, 0) is 39.0 Å². The smallest absolute Gasteiger partial charge is 0.226 e. The summed E-state index contributed by atoms with van der Waals surface area (Å²) in [6, 6.07) is 0.239. The SMILES string of the molecule is CC(N)CCCc1nc(CC2CCCCO2)no1. The first-order valence-corrected chi connectivity index (χ1v) is 6.92. The lowest BCUT2D eigenvalue weighted by Crippen LogP contribution is -2.21. The van der Waals surface area contributed by atoms with Crippen molar-refractivity contribution in [3.63, 3.8) is 0 Å². The fourth-order valence-corrected chi connectivity index (χ4v) is 2.22. The third-order valence-electron chi connectivity index (χ3n) is 3.24. The van der Waals surface area contributed by atoms with Gasteiger partial charge in [0.1, 0.15) is 0 Å². The van der Waals surface area contributed by atoms with E-state index in [4.69, 9.17) is 15.0 Å². The van der Waals surface area contributed by atoms with E-state index in [-0.39, 0.29) is 12.1 Å². The molecule has 2 unspecified atom stereocenters.